The van der Waals surface area contributed by atoms with E-state index in [1.54, 1.807) is 0 Å². The number of allylic oxidation sites excluding steroid dienone is 2. The van der Waals surface area contributed by atoms with Crippen molar-refractivity contribution in [1.29, 1.82) is 0 Å². The highest BCUT2D eigenvalue weighted by Gasteiger charge is 2.70. The number of rotatable bonds is 8. The summed E-state index contributed by atoms with van der Waals surface area (Å²) in [5, 5.41) is 97.4. The number of carboxylic acid groups (broad SMARTS) is 1. The van der Waals surface area contributed by atoms with E-state index in [4.69, 9.17) is 28.4 Å². The summed E-state index contributed by atoms with van der Waals surface area (Å²) in [5.74, 6) is -0.342. The quantitative estimate of drug-likeness (QED) is 0.125. The van der Waals surface area contributed by atoms with Gasteiger partial charge in [0.15, 0.2) is 18.9 Å². The van der Waals surface area contributed by atoms with Crippen molar-refractivity contribution in [3.63, 3.8) is 0 Å². The number of carboxylic acids is 1. The van der Waals surface area contributed by atoms with Crippen LogP contribution in [0.15, 0.2) is 11.6 Å². The molecule has 3 aliphatic heterocycles. The minimum Gasteiger partial charge on any atom is -0.481 e. The lowest BCUT2D eigenvalue weighted by Gasteiger charge is -2.71. The Bertz CT molecular complexity index is 1690. The van der Waals surface area contributed by atoms with Crippen molar-refractivity contribution in [3.8, 4) is 0 Å². The van der Waals surface area contributed by atoms with E-state index in [-0.39, 0.29) is 59.2 Å². The number of ether oxygens (including phenoxy) is 6. The van der Waals surface area contributed by atoms with Crippen molar-refractivity contribution >= 4 is 5.97 Å². The smallest absolute Gasteiger partial charge is 0.310 e. The lowest BCUT2D eigenvalue weighted by atomic mass is 9.33. The second-order valence-electron chi connectivity index (χ2n) is 22.4. The molecular weight excluding hydrogens is 808 g/mol. The second-order valence-corrected chi connectivity index (χ2v) is 22.4. The first-order valence-corrected chi connectivity index (χ1v) is 23.1. The van der Waals surface area contributed by atoms with Crippen LogP contribution in [-0.4, -0.2) is 158 Å². The maximum atomic E-state index is 13.1. The van der Waals surface area contributed by atoms with Crippen LogP contribution >= 0.6 is 0 Å². The van der Waals surface area contributed by atoms with Gasteiger partial charge in [-0.2, -0.15) is 0 Å². The molecule has 0 spiro atoms. The fraction of sp³-hybridized carbons (Fsp3) is 0.935. The number of carbonyl (C=O) groups is 1. The van der Waals surface area contributed by atoms with Gasteiger partial charge in [0, 0.05) is 5.41 Å². The summed E-state index contributed by atoms with van der Waals surface area (Å²) in [7, 11) is 0. The van der Waals surface area contributed by atoms with Crippen LogP contribution in [0.5, 0.6) is 0 Å². The van der Waals surface area contributed by atoms with Crippen LogP contribution in [-0.2, 0) is 33.2 Å². The molecule has 22 atom stereocenters. The lowest BCUT2D eigenvalue weighted by Crippen LogP contribution is -2.67. The molecule has 0 radical (unpaired) electrons. The van der Waals surface area contributed by atoms with E-state index in [0.717, 1.165) is 44.9 Å². The van der Waals surface area contributed by atoms with E-state index < -0.39 is 103 Å². The predicted octanol–water partition coefficient (Wildman–Crippen LogP) is 1.98. The van der Waals surface area contributed by atoms with E-state index in [2.05, 4.69) is 47.6 Å². The molecule has 62 heavy (non-hydrogen) atoms. The van der Waals surface area contributed by atoms with Crippen LogP contribution in [0.1, 0.15) is 113 Å². The molecule has 5 aliphatic carbocycles. The molecule has 8 aliphatic rings. The van der Waals surface area contributed by atoms with Crippen molar-refractivity contribution < 1.29 is 79.2 Å². The summed E-state index contributed by atoms with van der Waals surface area (Å²) in [6, 6.07) is 0. The molecule has 9 N–H and O–H groups in total. The number of hydrogen-bond acceptors (Lipinski definition) is 15. The highest BCUT2D eigenvalue weighted by atomic mass is 16.8. The third-order valence-electron chi connectivity index (χ3n) is 18.7. The molecule has 0 bridgehead atoms. The van der Waals surface area contributed by atoms with Crippen molar-refractivity contribution in [2.75, 3.05) is 19.8 Å². The first kappa shape index (κ1) is 47.2. The van der Waals surface area contributed by atoms with Gasteiger partial charge >= 0.3 is 5.97 Å². The standard InChI is InChI=1S/C46H74O16/c1-22-30(50)35(61-37-33(53)31(51)25(48)19-57-37)34(54)38(59-22)62-36-32(52)26(49)20-58-39(36)60-29-11-12-42(4)27(43(29,5)21-47)10-13-45(7)28(42)9-8-23-24-18-41(2,3)14-16-46(24,40(55)56)17-15-44(23,45)6/h8,22,24-39,47-54H,9-21H2,1-7H3,(H,55,56)/t22?,24?,25-,26+,27?,28?,29+,30+,31+,32+,33-,34-,35-,36-,37+,38+,39+,42+,43+,44-,45-,46+/m1/s1. The molecule has 0 aromatic rings. The monoisotopic (exact) mass is 882 g/mol. The van der Waals surface area contributed by atoms with E-state index in [1.807, 2.05) is 0 Å². The highest BCUT2D eigenvalue weighted by molar-refractivity contribution is 5.76. The topological polar surface area (TPSA) is 255 Å². The molecule has 16 heteroatoms. The summed E-state index contributed by atoms with van der Waals surface area (Å²) in [5.41, 5.74) is -0.519. The largest absolute Gasteiger partial charge is 0.481 e. The fourth-order valence-electron chi connectivity index (χ4n) is 14.5. The lowest BCUT2D eigenvalue weighted by molar-refractivity contribution is -0.379. The summed E-state index contributed by atoms with van der Waals surface area (Å²) in [6.07, 6.45) is -9.19. The van der Waals surface area contributed by atoms with Gasteiger partial charge in [-0.15, -0.1) is 0 Å². The summed E-state index contributed by atoms with van der Waals surface area (Å²) >= 11 is 0. The molecule has 0 aromatic heterocycles. The number of aliphatic hydroxyl groups is 8. The average molecular weight is 883 g/mol. The van der Waals surface area contributed by atoms with E-state index in [9.17, 15) is 50.8 Å². The Balaban J connectivity index is 1.02. The third kappa shape index (κ3) is 7.19. The molecule has 16 nitrogen and oxygen atoms in total. The van der Waals surface area contributed by atoms with Crippen molar-refractivity contribution in [3.05, 3.63) is 11.6 Å². The average Bonchev–Trinajstić information content (AvgIpc) is 3.21. The normalized spacial score (nSPS) is 55.1. The fourth-order valence-corrected chi connectivity index (χ4v) is 14.5. The maximum absolute atomic E-state index is 13.1. The van der Waals surface area contributed by atoms with Crippen LogP contribution in [0.25, 0.3) is 0 Å². The molecule has 8 rings (SSSR count). The van der Waals surface area contributed by atoms with Crippen LogP contribution < -0.4 is 0 Å². The summed E-state index contributed by atoms with van der Waals surface area (Å²) < 4.78 is 36.0. The molecule has 7 fully saturated rings. The van der Waals surface area contributed by atoms with Gasteiger partial charge in [0.2, 0.25) is 0 Å². The Labute approximate surface area is 364 Å². The van der Waals surface area contributed by atoms with E-state index >= 15 is 0 Å². The van der Waals surface area contributed by atoms with Gasteiger partial charge in [0.1, 0.15) is 54.9 Å². The second kappa shape index (κ2) is 16.5. The predicted molar refractivity (Wildman–Crippen MR) is 219 cm³/mol. The van der Waals surface area contributed by atoms with Crippen molar-refractivity contribution in [2.24, 2.45) is 50.2 Å². The molecule has 3 saturated heterocycles. The molecule has 0 aromatic carbocycles. The molecular formula is C46H74O16. The first-order valence-electron chi connectivity index (χ1n) is 23.1. The van der Waals surface area contributed by atoms with E-state index in [1.165, 1.54) is 12.5 Å². The van der Waals surface area contributed by atoms with Crippen molar-refractivity contribution in [2.45, 2.75) is 199 Å². The van der Waals surface area contributed by atoms with Crippen LogP contribution in [0.4, 0.5) is 0 Å². The Morgan fingerprint density at radius 1 is 0.710 bits per heavy atom. The first-order chi connectivity index (χ1) is 29.0. The van der Waals surface area contributed by atoms with Gasteiger partial charge in [-0.25, -0.2) is 0 Å². The van der Waals surface area contributed by atoms with Crippen LogP contribution in [0, 0.1) is 50.2 Å². The Kier molecular flexibility index (Phi) is 12.5. The number of aliphatic carboxylic acids is 1. The zero-order valence-electron chi connectivity index (χ0n) is 37.5. The summed E-state index contributed by atoms with van der Waals surface area (Å²) in [4.78, 5) is 13.1. The van der Waals surface area contributed by atoms with Gasteiger partial charge in [-0.05, 0) is 111 Å². The van der Waals surface area contributed by atoms with Gasteiger partial charge in [-0.1, -0.05) is 53.2 Å². The van der Waals surface area contributed by atoms with Gasteiger partial charge in [-0.3, -0.25) is 4.79 Å². The minimum absolute atomic E-state index is 0.00631. The zero-order chi connectivity index (χ0) is 45.1. The van der Waals surface area contributed by atoms with Crippen LogP contribution in [0.2, 0.25) is 0 Å². The Morgan fingerprint density at radius 2 is 1.35 bits per heavy atom. The van der Waals surface area contributed by atoms with Crippen LogP contribution in [0.3, 0.4) is 0 Å². The van der Waals surface area contributed by atoms with E-state index in [0.29, 0.717) is 19.3 Å². The van der Waals surface area contributed by atoms with Crippen molar-refractivity contribution in [1.82, 2.24) is 0 Å². The minimum atomic E-state index is -1.73. The molecule has 4 saturated carbocycles. The number of hydrogen-bond donors (Lipinski definition) is 9. The van der Waals surface area contributed by atoms with Gasteiger partial charge in [0.05, 0.1) is 37.4 Å². The summed E-state index contributed by atoms with van der Waals surface area (Å²) in [6.45, 7) is 14.5. The SMILES string of the molecule is CC1O[C@@H](O[C@H]2[C@H](O[C@H]3CC[C@@]4(C)C(CC[C@]5(C)C4CC=C4C6CC(C)(C)CC[C@]6(C(=O)O)CC[C@]45C)[C@]3(C)CO)OC[C@H](O)[C@@H]2O)[C@H](O)[C@H](O[C@@H]2OC[C@@H](O)[C@H](O)[C@H]2O)[C@H]1O. The molecule has 0 amide bonds. The Morgan fingerprint density at radius 3 is 2.03 bits per heavy atom. The molecule has 4 unspecified atom stereocenters. The molecule has 354 valence electrons. The number of fused-ring (bicyclic) bond motifs is 7. The molecule has 3 heterocycles. The zero-order valence-corrected chi connectivity index (χ0v) is 37.5. The van der Waals surface area contributed by atoms with Gasteiger partial charge in [0.25, 0.3) is 0 Å². The third-order valence-corrected chi connectivity index (χ3v) is 18.7. The highest BCUT2D eigenvalue weighted by Crippen LogP contribution is 2.76. The Hall–Kier alpha value is -1.35. The van der Waals surface area contributed by atoms with Gasteiger partial charge < -0.3 is 74.4 Å². The number of aliphatic hydroxyl groups excluding tert-OH is 8. The maximum Gasteiger partial charge on any atom is 0.310 e.